The average Bonchev–Trinajstić information content (AvgIpc) is 3.33. The van der Waals surface area contributed by atoms with Gasteiger partial charge in [-0.25, -0.2) is 4.79 Å². The van der Waals surface area contributed by atoms with Gasteiger partial charge in [0, 0.05) is 25.2 Å². The summed E-state index contributed by atoms with van der Waals surface area (Å²) in [6.07, 6.45) is -14.7. The minimum atomic E-state index is -5.75. The second kappa shape index (κ2) is 7.62. The Kier molecular flexibility index (Phi) is 5.63. The maximum Gasteiger partial charge on any atom is 0.434 e. The largest absolute Gasteiger partial charge is 0.434 e. The minimum absolute atomic E-state index is 0.0863. The van der Waals surface area contributed by atoms with Gasteiger partial charge < -0.3 is 15.0 Å². The molecule has 1 aliphatic carbocycles. The summed E-state index contributed by atoms with van der Waals surface area (Å²) in [7, 11) is 0. The maximum atomic E-state index is 12.6. The molecule has 1 N–H and O–H groups in total. The van der Waals surface area contributed by atoms with Crippen molar-refractivity contribution in [1.82, 2.24) is 9.88 Å². The second-order valence-corrected chi connectivity index (χ2v) is 7.58. The van der Waals surface area contributed by atoms with Gasteiger partial charge in [-0.15, -0.1) is 0 Å². The van der Waals surface area contributed by atoms with Crippen molar-refractivity contribution in [2.24, 2.45) is 11.3 Å². The smallest absolute Gasteiger partial charge is 0.426 e. The molecule has 3 rings (SSSR count). The molecule has 1 aliphatic heterocycles. The number of nitrogens with one attached hydrogen (secondary N) is 1. The third-order valence-corrected chi connectivity index (χ3v) is 5.60. The number of aromatic nitrogens is 1. The molecule has 1 spiro atoms. The Hall–Kier alpha value is -2.53. The van der Waals surface area contributed by atoms with Gasteiger partial charge in [0.1, 0.15) is 0 Å². The lowest BCUT2D eigenvalue weighted by atomic mass is 9.91. The van der Waals surface area contributed by atoms with Crippen molar-refractivity contribution >= 4 is 17.7 Å². The van der Waals surface area contributed by atoms with Crippen LogP contribution in [0.3, 0.4) is 0 Å². The molecule has 2 amide bonds. The molecule has 166 valence electrons. The number of pyridine rings is 1. The quantitative estimate of drug-likeness (QED) is 0.722. The van der Waals surface area contributed by atoms with Crippen LogP contribution in [0.15, 0.2) is 18.3 Å². The van der Waals surface area contributed by atoms with Gasteiger partial charge in [0.15, 0.2) is 0 Å². The van der Waals surface area contributed by atoms with Crippen LogP contribution < -0.4 is 5.32 Å². The molecule has 1 atom stereocenters. The SMILES string of the molecule is Cc1ncccc1NC(=O)[C@@H]1CC12CCN(C(=O)OC(C(F)(F)F)C(F)(F)F)CC2. The van der Waals surface area contributed by atoms with Crippen LogP contribution in [0.2, 0.25) is 0 Å². The summed E-state index contributed by atoms with van der Waals surface area (Å²) in [5.41, 5.74) is 0.794. The van der Waals surface area contributed by atoms with E-state index in [0.29, 0.717) is 17.8 Å². The zero-order valence-electron chi connectivity index (χ0n) is 15.8. The van der Waals surface area contributed by atoms with E-state index in [-0.39, 0.29) is 37.8 Å². The highest BCUT2D eigenvalue weighted by Crippen LogP contribution is 2.59. The van der Waals surface area contributed by atoms with Gasteiger partial charge >= 0.3 is 18.4 Å². The van der Waals surface area contributed by atoms with Crippen molar-refractivity contribution in [1.29, 1.82) is 0 Å². The Labute approximate surface area is 167 Å². The zero-order chi connectivity index (χ0) is 22.3. The fourth-order valence-electron chi connectivity index (χ4n) is 3.74. The van der Waals surface area contributed by atoms with Gasteiger partial charge in [0.05, 0.1) is 11.4 Å². The molecule has 30 heavy (non-hydrogen) atoms. The van der Waals surface area contributed by atoms with Gasteiger partial charge in [-0.1, -0.05) is 0 Å². The zero-order valence-corrected chi connectivity index (χ0v) is 15.8. The van der Waals surface area contributed by atoms with Crippen molar-refractivity contribution in [2.45, 2.75) is 44.6 Å². The first kappa shape index (κ1) is 22.2. The summed E-state index contributed by atoms with van der Waals surface area (Å²) >= 11 is 0. The highest BCUT2D eigenvalue weighted by molar-refractivity contribution is 5.95. The van der Waals surface area contributed by atoms with E-state index < -0.39 is 30.0 Å². The highest BCUT2D eigenvalue weighted by Gasteiger charge is 2.61. The summed E-state index contributed by atoms with van der Waals surface area (Å²) in [6, 6.07) is 3.37. The lowest BCUT2D eigenvalue weighted by molar-refractivity contribution is -0.308. The van der Waals surface area contributed by atoms with Gasteiger partial charge in [-0.2, -0.15) is 26.3 Å². The number of hydrogen-bond acceptors (Lipinski definition) is 4. The maximum absolute atomic E-state index is 12.6. The van der Waals surface area contributed by atoms with Crippen molar-refractivity contribution in [2.75, 3.05) is 18.4 Å². The number of nitrogens with zero attached hydrogens (tertiary/aromatic N) is 2. The third kappa shape index (κ3) is 4.62. The van der Waals surface area contributed by atoms with Crippen LogP contribution in [-0.2, 0) is 9.53 Å². The standard InChI is InChI=1S/C18H19F6N3O3/c1-10-12(3-2-6-25-10)26-13(28)11-9-16(11)4-7-27(8-5-16)15(29)30-14(17(19,20)21)18(22,23)24/h2-3,6,11,14H,4-5,7-9H2,1H3,(H,26,28)/t11-/m0/s1. The van der Waals surface area contributed by atoms with E-state index in [1.807, 2.05) is 0 Å². The van der Waals surface area contributed by atoms with Crippen LogP contribution in [0.1, 0.15) is 25.0 Å². The highest BCUT2D eigenvalue weighted by atomic mass is 19.4. The van der Waals surface area contributed by atoms with Crippen molar-refractivity contribution < 1.29 is 40.7 Å². The van der Waals surface area contributed by atoms with Crippen LogP contribution in [0.5, 0.6) is 0 Å². The summed E-state index contributed by atoms with van der Waals surface area (Å²) in [5, 5.41) is 2.78. The van der Waals surface area contributed by atoms with Crippen LogP contribution in [-0.4, -0.2) is 53.4 Å². The average molecular weight is 439 g/mol. The Morgan fingerprint density at radius 3 is 2.33 bits per heavy atom. The lowest BCUT2D eigenvalue weighted by Crippen LogP contribution is -2.49. The number of halogens is 6. The van der Waals surface area contributed by atoms with E-state index in [2.05, 4.69) is 15.0 Å². The van der Waals surface area contributed by atoms with Crippen LogP contribution in [0.25, 0.3) is 0 Å². The van der Waals surface area contributed by atoms with E-state index in [1.54, 1.807) is 25.3 Å². The first-order chi connectivity index (χ1) is 13.8. The first-order valence-electron chi connectivity index (χ1n) is 9.15. The molecule has 1 aromatic heterocycles. The topological polar surface area (TPSA) is 71.5 Å². The Bertz CT molecular complexity index is 804. The molecule has 1 saturated heterocycles. The lowest BCUT2D eigenvalue weighted by Gasteiger charge is -2.33. The Balaban J connectivity index is 1.54. The number of piperidine rings is 1. The summed E-state index contributed by atoms with van der Waals surface area (Å²) in [6.45, 7) is 1.56. The Morgan fingerprint density at radius 2 is 1.80 bits per heavy atom. The van der Waals surface area contributed by atoms with Gasteiger partial charge in [-0.05, 0) is 43.7 Å². The van der Waals surface area contributed by atoms with Crippen molar-refractivity contribution in [3.8, 4) is 0 Å². The number of anilines is 1. The van der Waals surface area contributed by atoms with Gasteiger partial charge in [0.25, 0.3) is 6.10 Å². The van der Waals surface area contributed by atoms with Gasteiger partial charge in [0.2, 0.25) is 5.91 Å². The predicted molar refractivity (Wildman–Crippen MR) is 91.3 cm³/mol. The molecule has 0 bridgehead atoms. The second-order valence-electron chi connectivity index (χ2n) is 7.58. The number of hydrogen-bond donors (Lipinski definition) is 1. The molecule has 2 fully saturated rings. The van der Waals surface area contributed by atoms with Crippen LogP contribution in [0, 0.1) is 18.3 Å². The molecule has 1 saturated carbocycles. The molecule has 2 heterocycles. The monoisotopic (exact) mass is 439 g/mol. The first-order valence-corrected chi connectivity index (χ1v) is 9.15. The fourth-order valence-corrected chi connectivity index (χ4v) is 3.74. The molecule has 12 heteroatoms. The van der Waals surface area contributed by atoms with E-state index in [0.717, 1.165) is 4.90 Å². The van der Waals surface area contributed by atoms with Crippen LogP contribution >= 0.6 is 0 Å². The minimum Gasteiger partial charge on any atom is -0.426 e. The fraction of sp³-hybridized carbons (Fsp3) is 0.611. The normalized spacial score (nSPS) is 20.9. The molecular formula is C18H19F6N3O3. The number of likely N-dealkylation sites (tertiary alicyclic amines) is 1. The number of alkyl halides is 6. The number of carbonyl (C=O) groups is 2. The molecule has 1 aromatic rings. The third-order valence-electron chi connectivity index (χ3n) is 5.60. The van der Waals surface area contributed by atoms with Crippen molar-refractivity contribution in [3.05, 3.63) is 24.0 Å². The molecular weight excluding hydrogens is 420 g/mol. The van der Waals surface area contributed by atoms with E-state index >= 15 is 0 Å². The Morgan fingerprint density at radius 1 is 1.20 bits per heavy atom. The van der Waals surface area contributed by atoms with E-state index in [9.17, 15) is 35.9 Å². The molecule has 2 aliphatic rings. The number of amides is 2. The summed E-state index contributed by atoms with van der Waals surface area (Å²) < 4.78 is 79.1. The number of carbonyl (C=O) groups excluding carboxylic acids is 2. The summed E-state index contributed by atoms with van der Waals surface area (Å²) in [4.78, 5) is 29.2. The molecule has 0 unspecified atom stereocenters. The van der Waals surface area contributed by atoms with Crippen LogP contribution in [0.4, 0.5) is 36.8 Å². The van der Waals surface area contributed by atoms with Crippen molar-refractivity contribution in [3.63, 3.8) is 0 Å². The predicted octanol–water partition coefficient (Wildman–Crippen LogP) is 4.06. The van der Waals surface area contributed by atoms with E-state index in [1.165, 1.54) is 0 Å². The number of aryl methyl sites for hydroxylation is 1. The van der Waals surface area contributed by atoms with Gasteiger partial charge in [-0.3, -0.25) is 9.78 Å². The van der Waals surface area contributed by atoms with E-state index in [4.69, 9.17) is 0 Å². The summed E-state index contributed by atoms with van der Waals surface area (Å²) in [5.74, 6) is -0.565. The number of ether oxygens (including phenoxy) is 1. The molecule has 0 aromatic carbocycles. The number of rotatable bonds is 3. The molecule has 0 radical (unpaired) electrons. The molecule has 6 nitrogen and oxygen atoms in total.